The van der Waals surface area contributed by atoms with Gasteiger partial charge in [-0.1, -0.05) is 11.6 Å². The van der Waals surface area contributed by atoms with E-state index in [1.54, 1.807) is 5.32 Å². The molecule has 108 valence electrons. The van der Waals surface area contributed by atoms with E-state index in [0.717, 1.165) is 0 Å². The molecule has 1 fully saturated rings. The number of benzene rings is 1. The molecule has 0 atom stereocenters. The lowest BCUT2D eigenvalue weighted by Crippen LogP contribution is -2.30. The Morgan fingerprint density at radius 1 is 1.35 bits per heavy atom. The van der Waals surface area contributed by atoms with Gasteiger partial charge in [0.25, 0.3) is 0 Å². The van der Waals surface area contributed by atoms with Gasteiger partial charge in [-0.15, -0.1) is 0 Å². The van der Waals surface area contributed by atoms with Crippen LogP contribution in [0.25, 0.3) is 0 Å². The summed E-state index contributed by atoms with van der Waals surface area (Å²) in [4.78, 5) is 23.8. The monoisotopic (exact) mass is 306 g/mol. The molecule has 0 aliphatic carbocycles. The maximum atomic E-state index is 12.1. The average molecular weight is 307 g/mol. The molecule has 8 heteroatoms. The highest BCUT2D eigenvalue weighted by Crippen LogP contribution is 2.32. The first-order valence-corrected chi connectivity index (χ1v) is 6.15. The van der Waals surface area contributed by atoms with Crippen molar-refractivity contribution >= 4 is 34.8 Å². The van der Waals surface area contributed by atoms with Gasteiger partial charge in [0.05, 0.1) is 10.7 Å². The maximum Gasteiger partial charge on any atom is 0.471 e. The van der Waals surface area contributed by atoms with Gasteiger partial charge in [-0.2, -0.15) is 13.2 Å². The third kappa shape index (κ3) is 3.04. The topological polar surface area (TPSA) is 49.4 Å². The molecule has 20 heavy (non-hydrogen) atoms. The second-order valence-electron chi connectivity index (χ2n) is 4.27. The Labute approximate surface area is 117 Å². The van der Waals surface area contributed by atoms with Crippen molar-refractivity contribution in [1.82, 2.24) is 0 Å². The largest absolute Gasteiger partial charge is 0.471 e. The number of nitrogens with zero attached hydrogens (tertiary/aromatic N) is 1. The molecule has 1 N–H and O–H groups in total. The number of amides is 2. The van der Waals surface area contributed by atoms with Crippen molar-refractivity contribution in [2.75, 3.05) is 16.8 Å². The zero-order valence-electron chi connectivity index (χ0n) is 10.1. The normalized spacial score (nSPS) is 15.6. The third-order valence-corrected chi connectivity index (χ3v) is 3.13. The van der Waals surface area contributed by atoms with Crippen LogP contribution in [0.2, 0.25) is 5.02 Å². The number of hydrogen-bond acceptors (Lipinski definition) is 2. The van der Waals surface area contributed by atoms with Gasteiger partial charge in [-0.05, 0) is 24.6 Å². The minimum Gasteiger partial charge on any atom is -0.318 e. The first kappa shape index (κ1) is 14.6. The fourth-order valence-corrected chi connectivity index (χ4v) is 2.19. The number of halogens is 4. The number of carbonyl (C=O) groups is 2. The van der Waals surface area contributed by atoms with Gasteiger partial charge >= 0.3 is 12.1 Å². The van der Waals surface area contributed by atoms with Crippen LogP contribution in [0.3, 0.4) is 0 Å². The zero-order chi connectivity index (χ0) is 14.9. The van der Waals surface area contributed by atoms with Crippen molar-refractivity contribution < 1.29 is 22.8 Å². The summed E-state index contributed by atoms with van der Waals surface area (Å²) >= 11 is 5.95. The molecule has 0 bridgehead atoms. The van der Waals surface area contributed by atoms with Gasteiger partial charge in [0, 0.05) is 18.7 Å². The predicted octanol–water partition coefficient (Wildman–Crippen LogP) is 2.97. The average Bonchev–Trinajstić information content (AvgIpc) is 2.74. The summed E-state index contributed by atoms with van der Waals surface area (Å²) in [6.07, 6.45) is -3.83. The van der Waals surface area contributed by atoms with Crippen LogP contribution >= 0.6 is 11.6 Å². The van der Waals surface area contributed by atoms with Crippen LogP contribution in [0.4, 0.5) is 24.5 Å². The molecule has 1 saturated heterocycles. The van der Waals surface area contributed by atoms with Crippen LogP contribution < -0.4 is 10.2 Å². The van der Waals surface area contributed by atoms with E-state index < -0.39 is 12.1 Å². The fraction of sp³-hybridized carbons (Fsp3) is 0.333. The first-order chi connectivity index (χ1) is 9.29. The summed E-state index contributed by atoms with van der Waals surface area (Å²) in [5, 5.41) is 1.81. The van der Waals surface area contributed by atoms with E-state index in [-0.39, 0.29) is 16.6 Å². The second kappa shape index (κ2) is 5.32. The Balaban J connectivity index is 2.18. The Morgan fingerprint density at radius 3 is 2.55 bits per heavy atom. The molecule has 1 aromatic carbocycles. The molecule has 1 aliphatic heterocycles. The van der Waals surface area contributed by atoms with Crippen molar-refractivity contribution in [3.05, 3.63) is 23.2 Å². The van der Waals surface area contributed by atoms with E-state index in [9.17, 15) is 22.8 Å². The fourth-order valence-electron chi connectivity index (χ4n) is 1.91. The molecule has 0 saturated carbocycles. The molecule has 0 spiro atoms. The number of hydrogen-bond donors (Lipinski definition) is 1. The SMILES string of the molecule is O=C1CCCN1c1ccc(NC(=O)C(F)(F)F)cc1Cl. The molecular formula is C12H10ClF3N2O2. The van der Waals surface area contributed by atoms with E-state index in [4.69, 9.17) is 11.6 Å². The highest BCUT2D eigenvalue weighted by Gasteiger charge is 2.38. The number of carbonyl (C=O) groups excluding carboxylic acids is 2. The van der Waals surface area contributed by atoms with E-state index in [2.05, 4.69) is 0 Å². The summed E-state index contributed by atoms with van der Waals surface area (Å²) in [6.45, 7) is 0.521. The molecule has 1 aromatic rings. The van der Waals surface area contributed by atoms with Gasteiger partial charge in [-0.3, -0.25) is 9.59 Å². The van der Waals surface area contributed by atoms with Crippen LogP contribution in [0, 0.1) is 0 Å². The summed E-state index contributed by atoms with van der Waals surface area (Å²) in [7, 11) is 0. The Hall–Kier alpha value is -1.76. The molecule has 0 radical (unpaired) electrons. The predicted molar refractivity (Wildman–Crippen MR) is 67.7 cm³/mol. The van der Waals surface area contributed by atoms with Crippen molar-refractivity contribution in [1.29, 1.82) is 0 Å². The molecular weight excluding hydrogens is 297 g/mol. The van der Waals surface area contributed by atoms with Crippen LogP contribution in [0.15, 0.2) is 18.2 Å². The number of alkyl halides is 3. The molecule has 0 unspecified atom stereocenters. The number of nitrogens with one attached hydrogen (secondary N) is 1. The molecule has 1 heterocycles. The maximum absolute atomic E-state index is 12.1. The van der Waals surface area contributed by atoms with Crippen LogP contribution in [-0.4, -0.2) is 24.5 Å². The lowest BCUT2D eigenvalue weighted by Gasteiger charge is -2.18. The summed E-state index contributed by atoms with van der Waals surface area (Å²) < 4.78 is 36.3. The molecule has 2 amide bonds. The molecule has 1 aliphatic rings. The van der Waals surface area contributed by atoms with Crippen molar-refractivity contribution in [3.8, 4) is 0 Å². The second-order valence-corrected chi connectivity index (χ2v) is 4.67. The highest BCUT2D eigenvalue weighted by atomic mass is 35.5. The van der Waals surface area contributed by atoms with Gasteiger partial charge < -0.3 is 10.2 Å². The quantitative estimate of drug-likeness (QED) is 0.913. The van der Waals surface area contributed by atoms with Crippen LogP contribution in [-0.2, 0) is 9.59 Å². The highest BCUT2D eigenvalue weighted by molar-refractivity contribution is 6.34. The minimum atomic E-state index is -4.96. The third-order valence-electron chi connectivity index (χ3n) is 2.83. The van der Waals surface area contributed by atoms with Crippen LogP contribution in [0.1, 0.15) is 12.8 Å². The van der Waals surface area contributed by atoms with E-state index in [0.29, 0.717) is 25.1 Å². The van der Waals surface area contributed by atoms with Gasteiger partial charge in [0.1, 0.15) is 0 Å². The Kier molecular flexibility index (Phi) is 3.89. The smallest absolute Gasteiger partial charge is 0.318 e. The van der Waals surface area contributed by atoms with Crippen molar-refractivity contribution in [2.45, 2.75) is 19.0 Å². The standard InChI is InChI=1S/C12H10ClF3N2O2/c13-8-6-7(17-11(20)12(14,15)16)3-4-9(8)18-5-1-2-10(18)19/h3-4,6H,1-2,5H2,(H,17,20). The summed E-state index contributed by atoms with van der Waals surface area (Å²) in [5.41, 5.74) is 0.354. The van der Waals surface area contributed by atoms with Crippen molar-refractivity contribution in [2.24, 2.45) is 0 Å². The lowest BCUT2D eigenvalue weighted by molar-refractivity contribution is -0.167. The minimum absolute atomic E-state index is 0.0762. The van der Waals surface area contributed by atoms with Gasteiger partial charge in [0.15, 0.2) is 0 Å². The van der Waals surface area contributed by atoms with E-state index in [1.165, 1.54) is 23.1 Å². The Morgan fingerprint density at radius 2 is 2.05 bits per heavy atom. The first-order valence-electron chi connectivity index (χ1n) is 5.77. The molecule has 0 aromatic heterocycles. The number of anilines is 2. The Bertz CT molecular complexity index is 560. The summed E-state index contributed by atoms with van der Waals surface area (Å²) in [5.74, 6) is -2.16. The van der Waals surface area contributed by atoms with Gasteiger partial charge in [0.2, 0.25) is 5.91 Å². The lowest BCUT2D eigenvalue weighted by atomic mass is 10.2. The molecule has 4 nitrogen and oxygen atoms in total. The van der Waals surface area contributed by atoms with Gasteiger partial charge in [-0.25, -0.2) is 0 Å². The van der Waals surface area contributed by atoms with Crippen LogP contribution in [0.5, 0.6) is 0 Å². The van der Waals surface area contributed by atoms with E-state index >= 15 is 0 Å². The zero-order valence-corrected chi connectivity index (χ0v) is 10.9. The molecule has 2 rings (SSSR count). The number of rotatable bonds is 2. The summed E-state index contributed by atoms with van der Waals surface area (Å²) in [6, 6.07) is 3.88. The van der Waals surface area contributed by atoms with E-state index in [1.807, 2.05) is 0 Å². The van der Waals surface area contributed by atoms with Crippen molar-refractivity contribution in [3.63, 3.8) is 0 Å².